The summed E-state index contributed by atoms with van der Waals surface area (Å²) in [6.07, 6.45) is 2.27. The lowest BCUT2D eigenvalue weighted by Gasteiger charge is -2.30. The standard InChI is InChI=1S/C17H21N3O2S/c1-13-4-3-7-20(9-13)17(21)19-14-5-2-6-16(8-14)22-10-15-11-23-12-18-15/h2,5-6,8,11-13H,3-4,7,9-10H2,1H3,(H,19,21)/t13-/m0/s1. The molecule has 1 aromatic heterocycles. The summed E-state index contributed by atoms with van der Waals surface area (Å²) in [5, 5.41) is 4.92. The quantitative estimate of drug-likeness (QED) is 0.922. The molecule has 5 nitrogen and oxygen atoms in total. The van der Waals surface area contributed by atoms with E-state index in [-0.39, 0.29) is 6.03 Å². The van der Waals surface area contributed by atoms with Crippen molar-refractivity contribution in [3.8, 4) is 5.75 Å². The van der Waals surface area contributed by atoms with Gasteiger partial charge in [0.25, 0.3) is 0 Å². The Morgan fingerprint density at radius 3 is 3.22 bits per heavy atom. The molecule has 2 heterocycles. The SMILES string of the molecule is C[C@H]1CCCN(C(=O)Nc2cccc(OCc3cscn3)c2)C1. The van der Waals surface area contributed by atoms with Crippen molar-refractivity contribution in [3.05, 3.63) is 40.8 Å². The number of piperidine rings is 1. The molecule has 23 heavy (non-hydrogen) atoms. The zero-order valence-electron chi connectivity index (χ0n) is 13.2. The second-order valence-corrected chi connectivity index (χ2v) is 6.64. The molecule has 1 aromatic carbocycles. The number of hydrogen-bond acceptors (Lipinski definition) is 4. The van der Waals surface area contributed by atoms with Gasteiger partial charge in [0.1, 0.15) is 12.4 Å². The fraction of sp³-hybridized carbons (Fsp3) is 0.412. The number of carbonyl (C=O) groups excluding carboxylic acids is 1. The number of nitrogens with zero attached hydrogens (tertiary/aromatic N) is 2. The second kappa shape index (κ2) is 7.46. The van der Waals surface area contributed by atoms with Crippen LogP contribution in [0.3, 0.4) is 0 Å². The lowest BCUT2D eigenvalue weighted by Crippen LogP contribution is -2.41. The molecule has 2 amide bonds. The predicted octanol–water partition coefficient (Wildman–Crippen LogP) is 3.99. The highest BCUT2D eigenvalue weighted by Gasteiger charge is 2.20. The van der Waals surface area contributed by atoms with Gasteiger partial charge in [-0.25, -0.2) is 9.78 Å². The van der Waals surface area contributed by atoms with E-state index in [0.29, 0.717) is 12.5 Å². The van der Waals surface area contributed by atoms with Crippen molar-refractivity contribution in [1.82, 2.24) is 9.88 Å². The Morgan fingerprint density at radius 2 is 2.43 bits per heavy atom. The van der Waals surface area contributed by atoms with Gasteiger partial charge in [-0.1, -0.05) is 13.0 Å². The molecule has 2 aromatic rings. The van der Waals surface area contributed by atoms with Crippen LogP contribution in [-0.2, 0) is 6.61 Å². The van der Waals surface area contributed by atoms with Crippen molar-refractivity contribution in [2.75, 3.05) is 18.4 Å². The fourth-order valence-corrected chi connectivity index (χ4v) is 3.25. The number of hydrogen-bond donors (Lipinski definition) is 1. The maximum atomic E-state index is 12.3. The van der Waals surface area contributed by atoms with Crippen molar-refractivity contribution in [2.45, 2.75) is 26.4 Å². The third-order valence-corrected chi connectivity index (χ3v) is 4.54. The first kappa shape index (κ1) is 15.8. The maximum Gasteiger partial charge on any atom is 0.321 e. The summed E-state index contributed by atoms with van der Waals surface area (Å²) in [6.45, 7) is 4.28. The third-order valence-electron chi connectivity index (χ3n) is 3.90. The molecule has 1 aliphatic rings. The highest BCUT2D eigenvalue weighted by Crippen LogP contribution is 2.21. The summed E-state index contributed by atoms with van der Waals surface area (Å²) >= 11 is 1.55. The minimum atomic E-state index is -0.0341. The van der Waals surface area contributed by atoms with Crippen LogP contribution in [0.5, 0.6) is 5.75 Å². The van der Waals surface area contributed by atoms with Crippen molar-refractivity contribution in [3.63, 3.8) is 0 Å². The van der Waals surface area contributed by atoms with Crippen LogP contribution in [0.2, 0.25) is 0 Å². The summed E-state index contributed by atoms with van der Waals surface area (Å²) in [4.78, 5) is 18.4. The molecule has 3 rings (SSSR count). The first-order valence-electron chi connectivity index (χ1n) is 7.86. The molecule has 0 spiro atoms. The molecule has 0 unspecified atom stereocenters. The molecule has 6 heteroatoms. The van der Waals surface area contributed by atoms with Crippen LogP contribution in [-0.4, -0.2) is 29.0 Å². The number of aromatic nitrogens is 1. The number of rotatable bonds is 4. The van der Waals surface area contributed by atoms with Gasteiger partial charge in [-0.05, 0) is 30.9 Å². The Kier molecular flexibility index (Phi) is 5.12. The van der Waals surface area contributed by atoms with Crippen LogP contribution >= 0.6 is 11.3 Å². The van der Waals surface area contributed by atoms with E-state index in [1.807, 2.05) is 34.5 Å². The minimum Gasteiger partial charge on any atom is -0.487 e. The summed E-state index contributed by atoms with van der Waals surface area (Å²) in [7, 11) is 0. The topological polar surface area (TPSA) is 54.5 Å². The van der Waals surface area contributed by atoms with Crippen LogP contribution in [0, 0.1) is 5.92 Å². The number of thiazole rings is 1. The molecule has 1 saturated heterocycles. The number of likely N-dealkylation sites (tertiary alicyclic amines) is 1. The van der Waals surface area contributed by atoms with Crippen LogP contribution < -0.4 is 10.1 Å². The highest BCUT2D eigenvalue weighted by molar-refractivity contribution is 7.07. The van der Waals surface area contributed by atoms with E-state index < -0.39 is 0 Å². The van der Waals surface area contributed by atoms with Gasteiger partial charge in [-0.15, -0.1) is 11.3 Å². The van der Waals surface area contributed by atoms with Gasteiger partial charge in [0.2, 0.25) is 0 Å². The average molecular weight is 331 g/mol. The largest absolute Gasteiger partial charge is 0.487 e. The van der Waals surface area contributed by atoms with Gasteiger partial charge in [-0.2, -0.15) is 0 Å². The summed E-state index contributed by atoms with van der Waals surface area (Å²) < 4.78 is 5.71. The first-order valence-corrected chi connectivity index (χ1v) is 8.81. The zero-order chi connectivity index (χ0) is 16.1. The molecule has 0 saturated carbocycles. The van der Waals surface area contributed by atoms with Gasteiger partial charge < -0.3 is 15.0 Å². The van der Waals surface area contributed by atoms with Gasteiger partial charge >= 0.3 is 6.03 Å². The smallest absolute Gasteiger partial charge is 0.321 e. The van der Waals surface area contributed by atoms with E-state index in [4.69, 9.17) is 4.74 Å². The van der Waals surface area contributed by atoms with Crippen molar-refractivity contribution >= 4 is 23.1 Å². The first-order chi connectivity index (χ1) is 11.2. The van der Waals surface area contributed by atoms with Gasteiger partial charge in [-0.3, -0.25) is 0 Å². The number of amides is 2. The highest BCUT2D eigenvalue weighted by atomic mass is 32.1. The van der Waals surface area contributed by atoms with Crippen molar-refractivity contribution in [1.29, 1.82) is 0 Å². The Bertz CT molecular complexity index is 645. The number of nitrogens with one attached hydrogen (secondary N) is 1. The molecular formula is C17H21N3O2S. The van der Waals surface area contributed by atoms with E-state index in [1.54, 1.807) is 16.8 Å². The lowest BCUT2D eigenvalue weighted by atomic mass is 10.0. The van der Waals surface area contributed by atoms with Gasteiger partial charge in [0, 0.05) is 30.2 Å². The van der Waals surface area contributed by atoms with Crippen LogP contribution in [0.25, 0.3) is 0 Å². The Hall–Kier alpha value is -2.08. The number of anilines is 1. The molecule has 122 valence electrons. The number of carbonyl (C=O) groups is 1. The summed E-state index contributed by atoms with van der Waals surface area (Å²) in [6, 6.07) is 7.45. The molecule has 1 aliphatic heterocycles. The van der Waals surface area contributed by atoms with Gasteiger partial charge in [0.15, 0.2) is 0 Å². The predicted molar refractivity (Wildman–Crippen MR) is 91.9 cm³/mol. The van der Waals surface area contributed by atoms with Gasteiger partial charge in [0.05, 0.1) is 11.2 Å². The minimum absolute atomic E-state index is 0.0341. The Morgan fingerprint density at radius 1 is 1.52 bits per heavy atom. The average Bonchev–Trinajstić information content (AvgIpc) is 3.07. The Labute approximate surface area is 140 Å². The van der Waals surface area contributed by atoms with E-state index in [2.05, 4.69) is 17.2 Å². The molecule has 0 aliphatic carbocycles. The van der Waals surface area contributed by atoms with Crippen LogP contribution in [0.15, 0.2) is 35.2 Å². The molecule has 0 bridgehead atoms. The van der Waals surface area contributed by atoms with Crippen molar-refractivity contribution in [2.24, 2.45) is 5.92 Å². The molecule has 1 N–H and O–H groups in total. The lowest BCUT2D eigenvalue weighted by molar-refractivity contribution is 0.182. The maximum absolute atomic E-state index is 12.3. The summed E-state index contributed by atoms with van der Waals surface area (Å²) in [5.41, 5.74) is 3.45. The fourth-order valence-electron chi connectivity index (χ4n) is 2.71. The zero-order valence-corrected chi connectivity index (χ0v) is 14.0. The van der Waals surface area contributed by atoms with Crippen molar-refractivity contribution < 1.29 is 9.53 Å². The molecule has 0 radical (unpaired) electrons. The monoisotopic (exact) mass is 331 g/mol. The molecule has 1 atom stereocenters. The van der Waals surface area contributed by atoms with E-state index >= 15 is 0 Å². The number of benzene rings is 1. The normalized spacial score (nSPS) is 17.8. The van der Waals surface area contributed by atoms with Crippen LogP contribution in [0.4, 0.5) is 10.5 Å². The molecule has 1 fully saturated rings. The summed E-state index contributed by atoms with van der Waals surface area (Å²) in [5.74, 6) is 1.30. The van der Waals surface area contributed by atoms with Crippen LogP contribution in [0.1, 0.15) is 25.5 Å². The van der Waals surface area contributed by atoms with E-state index in [0.717, 1.165) is 36.6 Å². The van der Waals surface area contributed by atoms with E-state index in [1.165, 1.54) is 6.42 Å². The molecular weight excluding hydrogens is 310 g/mol. The number of ether oxygens (including phenoxy) is 1. The number of urea groups is 1. The Balaban J connectivity index is 1.57. The second-order valence-electron chi connectivity index (χ2n) is 5.92. The third kappa shape index (κ3) is 4.45. The van der Waals surface area contributed by atoms with E-state index in [9.17, 15) is 4.79 Å².